The second-order valence-corrected chi connectivity index (χ2v) is 7.69. The Morgan fingerprint density at radius 1 is 1.08 bits per heavy atom. The van der Waals surface area contributed by atoms with Gasteiger partial charge in [-0.3, -0.25) is 0 Å². The molecule has 0 saturated carbocycles. The van der Waals surface area contributed by atoms with Gasteiger partial charge >= 0.3 is 0 Å². The number of aromatic nitrogens is 2. The van der Waals surface area contributed by atoms with Crippen molar-refractivity contribution < 1.29 is 8.42 Å². The molecule has 1 aliphatic heterocycles. The molecule has 2 N–H and O–H groups in total. The normalized spacial score (nSPS) is 14.8. The van der Waals surface area contributed by atoms with E-state index in [1.807, 2.05) is 36.4 Å². The summed E-state index contributed by atoms with van der Waals surface area (Å²) in [7, 11) is -3.47. The molecule has 1 fully saturated rings. The van der Waals surface area contributed by atoms with Crippen LogP contribution in [0.5, 0.6) is 0 Å². The summed E-state index contributed by atoms with van der Waals surface area (Å²) >= 11 is 0. The van der Waals surface area contributed by atoms with E-state index in [4.69, 9.17) is 0 Å². The zero-order valence-electron chi connectivity index (χ0n) is 14.5. The van der Waals surface area contributed by atoms with E-state index >= 15 is 0 Å². The zero-order valence-corrected chi connectivity index (χ0v) is 15.3. The van der Waals surface area contributed by atoms with Gasteiger partial charge in [-0.2, -0.15) is 0 Å². The second kappa shape index (κ2) is 8.77. The van der Waals surface area contributed by atoms with Crippen molar-refractivity contribution in [2.24, 2.45) is 0 Å². The van der Waals surface area contributed by atoms with Gasteiger partial charge in [-0.05, 0) is 24.5 Å². The summed E-state index contributed by atoms with van der Waals surface area (Å²) in [5.74, 6) is 1.60. The van der Waals surface area contributed by atoms with E-state index < -0.39 is 10.0 Å². The lowest BCUT2D eigenvalue weighted by Crippen LogP contribution is -2.27. The third-order valence-corrected chi connectivity index (χ3v) is 5.16. The minimum atomic E-state index is -3.47. The first kappa shape index (κ1) is 18.3. The molecular formula is C18H23N5O2S. The number of hydrogen-bond acceptors (Lipinski definition) is 6. The van der Waals surface area contributed by atoms with Crippen LogP contribution in [0.1, 0.15) is 18.4 Å². The summed E-state index contributed by atoms with van der Waals surface area (Å²) in [5.41, 5.74) is 0.839. The molecule has 7 nitrogen and oxygen atoms in total. The van der Waals surface area contributed by atoms with Gasteiger partial charge in [0.25, 0.3) is 0 Å². The van der Waals surface area contributed by atoms with E-state index in [1.54, 1.807) is 6.08 Å². The first-order valence-corrected chi connectivity index (χ1v) is 10.2. The standard InChI is InChI=1S/C18H23N5O2S/c24-26(25,13-8-16-6-2-1-3-7-16)22-10-9-19-17-14-18(21-15-20-17)23-11-4-5-12-23/h1-3,6-8,13-15,22H,4-5,9-12H2,(H,19,20,21)/b13-8+. The predicted octanol–water partition coefficient (Wildman–Crippen LogP) is 2.08. The number of sulfonamides is 1. The van der Waals surface area contributed by atoms with Gasteiger partial charge in [-0.1, -0.05) is 30.3 Å². The Balaban J connectivity index is 1.46. The van der Waals surface area contributed by atoms with Gasteiger partial charge in [-0.25, -0.2) is 23.1 Å². The van der Waals surface area contributed by atoms with E-state index in [2.05, 4.69) is 24.9 Å². The van der Waals surface area contributed by atoms with Crippen LogP contribution in [0.25, 0.3) is 6.08 Å². The fraction of sp³-hybridized carbons (Fsp3) is 0.333. The summed E-state index contributed by atoms with van der Waals surface area (Å²) in [5, 5.41) is 4.31. The molecule has 8 heteroatoms. The molecule has 0 aliphatic carbocycles. The van der Waals surface area contributed by atoms with E-state index in [9.17, 15) is 8.42 Å². The fourth-order valence-electron chi connectivity index (χ4n) is 2.73. The number of benzene rings is 1. The Bertz CT molecular complexity index is 834. The number of hydrogen-bond donors (Lipinski definition) is 2. The van der Waals surface area contributed by atoms with Gasteiger partial charge < -0.3 is 10.2 Å². The van der Waals surface area contributed by atoms with Crippen molar-refractivity contribution in [3.63, 3.8) is 0 Å². The third kappa shape index (κ3) is 5.53. The van der Waals surface area contributed by atoms with Crippen molar-refractivity contribution in [3.8, 4) is 0 Å². The van der Waals surface area contributed by atoms with Gasteiger partial charge in [0, 0.05) is 37.7 Å². The van der Waals surface area contributed by atoms with Crippen LogP contribution in [0.2, 0.25) is 0 Å². The molecule has 0 radical (unpaired) electrons. The van der Waals surface area contributed by atoms with Crippen LogP contribution < -0.4 is 14.9 Å². The van der Waals surface area contributed by atoms with Crippen molar-refractivity contribution in [2.45, 2.75) is 12.8 Å². The lowest BCUT2D eigenvalue weighted by molar-refractivity contribution is 0.592. The molecule has 26 heavy (non-hydrogen) atoms. The van der Waals surface area contributed by atoms with Gasteiger partial charge in [0.05, 0.1) is 0 Å². The van der Waals surface area contributed by atoms with Gasteiger partial charge in [-0.15, -0.1) is 0 Å². The SMILES string of the molecule is O=S(=O)(/C=C/c1ccccc1)NCCNc1cc(N2CCCC2)ncn1. The predicted molar refractivity (Wildman–Crippen MR) is 104 cm³/mol. The molecular weight excluding hydrogens is 350 g/mol. The zero-order chi connectivity index (χ0) is 18.2. The highest BCUT2D eigenvalue weighted by atomic mass is 32.2. The first-order valence-electron chi connectivity index (χ1n) is 8.66. The minimum absolute atomic E-state index is 0.268. The molecule has 0 spiro atoms. The van der Waals surface area contributed by atoms with Crippen LogP contribution in [-0.2, 0) is 10.0 Å². The quantitative estimate of drug-likeness (QED) is 0.689. The van der Waals surface area contributed by atoms with Crippen molar-refractivity contribution in [1.82, 2.24) is 14.7 Å². The second-order valence-electron chi connectivity index (χ2n) is 6.04. The first-order chi connectivity index (χ1) is 12.6. The number of nitrogens with one attached hydrogen (secondary N) is 2. The number of anilines is 2. The molecule has 1 aromatic heterocycles. The Morgan fingerprint density at radius 3 is 2.62 bits per heavy atom. The molecule has 1 aliphatic rings. The molecule has 1 aromatic carbocycles. The van der Waals surface area contributed by atoms with Gasteiger partial charge in [0.1, 0.15) is 18.0 Å². The van der Waals surface area contributed by atoms with Crippen molar-refractivity contribution in [3.05, 3.63) is 53.7 Å². The summed E-state index contributed by atoms with van der Waals surface area (Å²) in [6, 6.07) is 11.2. The molecule has 3 rings (SSSR count). The average Bonchev–Trinajstić information content (AvgIpc) is 3.20. The molecule has 0 atom stereocenters. The van der Waals surface area contributed by atoms with Gasteiger partial charge in [0.15, 0.2) is 0 Å². The Hall–Kier alpha value is -2.45. The maximum absolute atomic E-state index is 12.0. The van der Waals surface area contributed by atoms with Crippen LogP contribution in [0.3, 0.4) is 0 Å². The van der Waals surface area contributed by atoms with Crippen LogP contribution in [0.4, 0.5) is 11.6 Å². The molecule has 138 valence electrons. The maximum Gasteiger partial charge on any atom is 0.233 e. The highest BCUT2D eigenvalue weighted by Crippen LogP contribution is 2.18. The lowest BCUT2D eigenvalue weighted by Gasteiger charge is -2.16. The topological polar surface area (TPSA) is 87.2 Å². The van der Waals surface area contributed by atoms with E-state index in [0.29, 0.717) is 12.4 Å². The summed E-state index contributed by atoms with van der Waals surface area (Å²) in [6.45, 7) is 2.74. The van der Waals surface area contributed by atoms with Crippen molar-refractivity contribution >= 4 is 27.7 Å². The van der Waals surface area contributed by atoms with Gasteiger partial charge in [0.2, 0.25) is 10.0 Å². The van der Waals surface area contributed by atoms with Crippen LogP contribution in [0.15, 0.2) is 48.1 Å². The molecule has 2 aromatic rings. The van der Waals surface area contributed by atoms with E-state index in [0.717, 1.165) is 24.5 Å². The minimum Gasteiger partial charge on any atom is -0.369 e. The maximum atomic E-state index is 12.0. The Morgan fingerprint density at radius 2 is 1.85 bits per heavy atom. The summed E-state index contributed by atoms with van der Waals surface area (Å²) in [6.07, 6.45) is 5.47. The van der Waals surface area contributed by atoms with Crippen molar-refractivity contribution in [1.29, 1.82) is 0 Å². The van der Waals surface area contributed by atoms with Crippen LogP contribution in [-0.4, -0.2) is 44.6 Å². The number of nitrogens with zero attached hydrogens (tertiary/aromatic N) is 3. The Kier molecular flexibility index (Phi) is 6.19. The summed E-state index contributed by atoms with van der Waals surface area (Å²) in [4.78, 5) is 10.7. The molecule has 1 saturated heterocycles. The van der Waals surface area contributed by atoms with Crippen molar-refractivity contribution in [2.75, 3.05) is 36.4 Å². The smallest absolute Gasteiger partial charge is 0.233 e. The monoisotopic (exact) mass is 373 g/mol. The van der Waals surface area contributed by atoms with E-state index in [1.165, 1.54) is 24.6 Å². The van der Waals surface area contributed by atoms with E-state index in [-0.39, 0.29) is 6.54 Å². The highest BCUT2D eigenvalue weighted by molar-refractivity contribution is 7.92. The highest BCUT2D eigenvalue weighted by Gasteiger charge is 2.13. The van der Waals surface area contributed by atoms with Crippen LogP contribution in [0, 0.1) is 0 Å². The average molecular weight is 373 g/mol. The molecule has 0 unspecified atom stereocenters. The third-order valence-electron chi connectivity index (χ3n) is 4.06. The van der Waals surface area contributed by atoms with Crippen LogP contribution >= 0.6 is 0 Å². The fourth-order valence-corrected chi connectivity index (χ4v) is 3.55. The molecule has 0 bridgehead atoms. The lowest BCUT2D eigenvalue weighted by atomic mass is 10.2. The molecule has 2 heterocycles. The summed E-state index contributed by atoms with van der Waals surface area (Å²) < 4.78 is 26.5. The Labute approximate surface area is 154 Å². The number of rotatable bonds is 8. The molecule has 0 amide bonds. The largest absolute Gasteiger partial charge is 0.369 e.